The molecule has 2 aliphatic carbocycles. The normalized spacial score (nSPS) is 54.8. The first-order valence-corrected chi connectivity index (χ1v) is 4.76. The van der Waals surface area contributed by atoms with Crippen LogP contribution >= 0.6 is 0 Å². The lowest BCUT2D eigenvalue weighted by atomic mass is 9.89. The standard InChI is InChI=1S/C10H18O/c1-6(2)10-4-8(10)7(3)9(11)5-10/h6-9,11H,4-5H2,1-3H3/t7?,8-,9-,10-/m1/s1. The molecule has 0 amide bonds. The van der Waals surface area contributed by atoms with Crippen LogP contribution in [-0.2, 0) is 0 Å². The minimum Gasteiger partial charge on any atom is -0.393 e. The van der Waals surface area contributed by atoms with Crippen LogP contribution < -0.4 is 0 Å². The Bertz CT molecular complexity index is 176. The van der Waals surface area contributed by atoms with Gasteiger partial charge in [0.05, 0.1) is 6.10 Å². The average Bonchev–Trinajstić information content (AvgIpc) is 2.57. The highest BCUT2D eigenvalue weighted by Gasteiger charge is 2.64. The van der Waals surface area contributed by atoms with E-state index in [4.69, 9.17) is 0 Å². The van der Waals surface area contributed by atoms with Crippen molar-refractivity contribution in [3.05, 3.63) is 0 Å². The van der Waals surface area contributed by atoms with Crippen LogP contribution in [0.15, 0.2) is 0 Å². The fourth-order valence-corrected chi connectivity index (χ4v) is 3.04. The topological polar surface area (TPSA) is 20.2 Å². The third-order valence-electron chi connectivity index (χ3n) is 4.16. The molecule has 0 aromatic rings. The molecule has 64 valence electrons. The Morgan fingerprint density at radius 1 is 1.36 bits per heavy atom. The maximum Gasteiger partial charge on any atom is 0.0574 e. The highest BCUT2D eigenvalue weighted by Crippen LogP contribution is 2.69. The molecule has 0 radical (unpaired) electrons. The third-order valence-corrected chi connectivity index (χ3v) is 4.16. The van der Waals surface area contributed by atoms with Crippen molar-refractivity contribution < 1.29 is 5.11 Å². The summed E-state index contributed by atoms with van der Waals surface area (Å²) in [5.74, 6) is 2.18. The van der Waals surface area contributed by atoms with E-state index in [1.54, 1.807) is 0 Å². The molecule has 4 atom stereocenters. The number of fused-ring (bicyclic) bond motifs is 1. The molecule has 1 heteroatoms. The summed E-state index contributed by atoms with van der Waals surface area (Å²) >= 11 is 0. The van der Waals surface area contributed by atoms with Gasteiger partial charge >= 0.3 is 0 Å². The predicted octanol–water partition coefficient (Wildman–Crippen LogP) is 2.05. The molecule has 2 rings (SSSR count). The van der Waals surface area contributed by atoms with Crippen LogP contribution in [0.4, 0.5) is 0 Å². The molecule has 0 aliphatic heterocycles. The molecule has 0 aromatic carbocycles. The fourth-order valence-electron chi connectivity index (χ4n) is 3.04. The van der Waals surface area contributed by atoms with Crippen molar-refractivity contribution in [3.8, 4) is 0 Å². The van der Waals surface area contributed by atoms with Crippen molar-refractivity contribution in [1.29, 1.82) is 0 Å². The fraction of sp³-hybridized carbons (Fsp3) is 1.00. The summed E-state index contributed by atoms with van der Waals surface area (Å²) in [5, 5.41) is 9.61. The molecule has 0 spiro atoms. The minimum absolute atomic E-state index is 0.00356. The maximum absolute atomic E-state index is 9.61. The summed E-state index contributed by atoms with van der Waals surface area (Å²) in [6.07, 6.45) is 2.44. The Morgan fingerprint density at radius 2 is 2.00 bits per heavy atom. The quantitative estimate of drug-likeness (QED) is 0.613. The van der Waals surface area contributed by atoms with Crippen LogP contribution in [0, 0.1) is 23.2 Å². The van der Waals surface area contributed by atoms with E-state index in [2.05, 4.69) is 20.8 Å². The van der Waals surface area contributed by atoms with Gasteiger partial charge < -0.3 is 5.11 Å². The molecule has 0 saturated heterocycles. The van der Waals surface area contributed by atoms with Crippen LogP contribution in [-0.4, -0.2) is 11.2 Å². The summed E-state index contributed by atoms with van der Waals surface area (Å²) in [4.78, 5) is 0. The second kappa shape index (κ2) is 2.01. The van der Waals surface area contributed by atoms with Crippen LogP contribution in [0.25, 0.3) is 0 Å². The summed E-state index contributed by atoms with van der Waals surface area (Å²) in [6.45, 7) is 6.79. The van der Waals surface area contributed by atoms with Gasteiger partial charge in [-0.1, -0.05) is 20.8 Å². The van der Waals surface area contributed by atoms with Crippen LogP contribution in [0.5, 0.6) is 0 Å². The molecule has 0 heterocycles. The van der Waals surface area contributed by atoms with E-state index >= 15 is 0 Å². The Morgan fingerprint density at radius 3 is 2.27 bits per heavy atom. The lowest BCUT2D eigenvalue weighted by Gasteiger charge is -2.17. The third kappa shape index (κ3) is 0.807. The zero-order valence-electron chi connectivity index (χ0n) is 7.67. The highest BCUT2D eigenvalue weighted by atomic mass is 16.3. The molecule has 1 unspecified atom stereocenters. The Labute approximate surface area is 68.8 Å². The van der Waals surface area contributed by atoms with Gasteiger partial charge in [-0.15, -0.1) is 0 Å². The van der Waals surface area contributed by atoms with E-state index in [9.17, 15) is 5.11 Å². The van der Waals surface area contributed by atoms with Crippen LogP contribution in [0.3, 0.4) is 0 Å². The van der Waals surface area contributed by atoms with Crippen molar-refractivity contribution in [1.82, 2.24) is 0 Å². The lowest BCUT2D eigenvalue weighted by Crippen LogP contribution is -2.15. The van der Waals surface area contributed by atoms with Gasteiger partial charge in [-0.05, 0) is 36.0 Å². The van der Waals surface area contributed by atoms with E-state index in [0.717, 1.165) is 18.3 Å². The SMILES string of the molecule is CC1[C@H](O)C[C@@]2(C(C)C)C[C@H]12. The largest absolute Gasteiger partial charge is 0.393 e. The first-order valence-electron chi connectivity index (χ1n) is 4.76. The molecular weight excluding hydrogens is 136 g/mol. The summed E-state index contributed by atoms with van der Waals surface area (Å²) in [6, 6.07) is 0. The van der Waals surface area contributed by atoms with E-state index < -0.39 is 0 Å². The molecule has 0 aromatic heterocycles. The highest BCUT2D eigenvalue weighted by molar-refractivity contribution is 5.13. The summed E-state index contributed by atoms with van der Waals surface area (Å²) in [7, 11) is 0. The lowest BCUT2D eigenvalue weighted by molar-refractivity contribution is 0.113. The number of aliphatic hydroxyl groups excluding tert-OH is 1. The van der Waals surface area contributed by atoms with Gasteiger partial charge in [0, 0.05) is 0 Å². The molecule has 2 saturated carbocycles. The van der Waals surface area contributed by atoms with Crippen LogP contribution in [0.2, 0.25) is 0 Å². The second-order valence-electron chi connectivity index (χ2n) is 4.83. The maximum atomic E-state index is 9.61. The zero-order valence-corrected chi connectivity index (χ0v) is 7.67. The zero-order chi connectivity index (χ0) is 8.22. The average molecular weight is 154 g/mol. The Hall–Kier alpha value is -0.0400. The van der Waals surface area contributed by atoms with Gasteiger partial charge in [0.1, 0.15) is 0 Å². The Kier molecular flexibility index (Phi) is 1.39. The first-order chi connectivity index (χ1) is 5.08. The molecule has 0 bridgehead atoms. The van der Waals surface area contributed by atoms with Gasteiger partial charge in [-0.3, -0.25) is 0 Å². The smallest absolute Gasteiger partial charge is 0.0574 e. The molecule has 2 fully saturated rings. The van der Waals surface area contributed by atoms with E-state index in [0.29, 0.717) is 11.3 Å². The molecule has 1 N–H and O–H groups in total. The van der Waals surface area contributed by atoms with E-state index in [-0.39, 0.29) is 6.10 Å². The molecule has 1 nitrogen and oxygen atoms in total. The van der Waals surface area contributed by atoms with Gasteiger partial charge in [0.15, 0.2) is 0 Å². The van der Waals surface area contributed by atoms with Crippen molar-refractivity contribution >= 4 is 0 Å². The van der Waals surface area contributed by atoms with Gasteiger partial charge in [-0.2, -0.15) is 0 Å². The first kappa shape index (κ1) is 7.60. The van der Waals surface area contributed by atoms with Gasteiger partial charge in [0.2, 0.25) is 0 Å². The summed E-state index contributed by atoms with van der Waals surface area (Å²) in [5.41, 5.74) is 0.554. The molecule has 2 aliphatic rings. The van der Waals surface area contributed by atoms with Crippen molar-refractivity contribution in [2.45, 2.75) is 39.7 Å². The molecular formula is C10H18O. The van der Waals surface area contributed by atoms with Crippen molar-refractivity contribution in [2.24, 2.45) is 23.2 Å². The van der Waals surface area contributed by atoms with E-state index in [1.807, 2.05) is 0 Å². The van der Waals surface area contributed by atoms with Crippen LogP contribution in [0.1, 0.15) is 33.6 Å². The Balaban J connectivity index is 2.13. The predicted molar refractivity (Wildman–Crippen MR) is 45.2 cm³/mol. The minimum atomic E-state index is -0.00356. The monoisotopic (exact) mass is 154 g/mol. The number of hydrogen-bond donors (Lipinski definition) is 1. The van der Waals surface area contributed by atoms with Crippen molar-refractivity contribution in [3.63, 3.8) is 0 Å². The molecule has 11 heavy (non-hydrogen) atoms. The summed E-state index contributed by atoms with van der Waals surface area (Å²) < 4.78 is 0. The van der Waals surface area contributed by atoms with Gasteiger partial charge in [-0.25, -0.2) is 0 Å². The number of hydrogen-bond acceptors (Lipinski definition) is 1. The van der Waals surface area contributed by atoms with Gasteiger partial charge in [0.25, 0.3) is 0 Å². The van der Waals surface area contributed by atoms with E-state index in [1.165, 1.54) is 6.42 Å². The second-order valence-corrected chi connectivity index (χ2v) is 4.83. The van der Waals surface area contributed by atoms with Crippen molar-refractivity contribution in [2.75, 3.05) is 0 Å². The number of rotatable bonds is 1. The number of aliphatic hydroxyl groups is 1.